The monoisotopic (exact) mass is 762 g/mol. The third-order valence-electron chi connectivity index (χ3n) is 9.42. The third-order valence-corrected chi connectivity index (χ3v) is 9.42. The Morgan fingerprint density at radius 1 is 0.768 bits per heavy atom. The zero-order valence-corrected chi connectivity index (χ0v) is 31.5. The Labute approximate surface area is 325 Å². The molecule has 1 aliphatic heterocycles. The van der Waals surface area contributed by atoms with Crippen LogP contribution in [0.2, 0.25) is 0 Å². The van der Waals surface area contributed by atoms with Crippen LogP contribution in [-0.2, 0) is 33.6 Å². The number of fused-ring (bicyclic) bond motifs is 2. The van der Waals surface area contributed by atoms with E-state index in [4.69, 9.17) is 23.7 Å². The molecule has 56 heavy (non-hydrogen) atoms. The molecule has 1 aromatic heterocycles. The van der Waals surface area contributed by atoms with Crippen molar-refractivity contribution in [1.82, 2.24) is 9.88 Å². The van der Waals surface area contributed by atoms with Crippen molar-refractivity contribution >= 4 is 40.1 Å². The van der Waals surface area contributed by atoms with Gasteiger partial charge in [0, 0.05) is 55.1 Å². The number of aromatic carboxylic acids is 1. The van der Waals surface area contributed by atoms with Gasteiger partial charge in [-0.15, -0.1) is 0 Å². The van der Waals surface area contributed by atoms with Crippen LogP contribution in [0, 0.1) is 0 Å². The SMILES string of the molecule is COCCOCCOCCOc1cc2c(cc1OC)CN(CCc1ccc(NC(=O)c3ccc(C(=O)O)c(NC(=O)c4ccc5ncccc5c4)c3)cc1)CC2. The van der Waals surface area contributed by atoms with E-state index in [-0.39, 0.29) is 16.8 Å². The van der Waals surface area contributed by atoms with E-state index >= 15 is 0 Å². The van der Waals surface area contributed by atoms with Gasteiger partial charge >= 0.3 is 5.97 Å². The molecule has 0 saturated carbocycles. The highest BCUT2D eigenvalue weighted by Gasteiger charge is 2.21. The summed E-state index contributed by atoms with van der Waals surface area (Å²) in [7, 11) is 3.29. The molecule has 4 aromatic carbocycles. The van der Waals surface area contributed by atoms with Crippen LogP contribution < -0.4 is 20.1 Å². The first kappa shape index (κ1) is 39.8. The van der Waals surface area contributed by atoms with Gasteiger partial charge in [-0.2, -0.15) is 0 Å². The van der Waals surface area contributed by atoms with Crippen molar-refractivity contribution < 1.29 is 43.2 Å². The number of carboxylic acids is 1. The molecule has 292 valence electrons. The zero-order valence-electron chi connectivity index (χ0n) is 31.5. The number of carbonyl (C=O) groups excluding carboxylic acids is 2. The molecule has 0 bridgehead atoms. The lowest BCUT2D eigenvalue weighted by atomic mass is 9.98. The van der Waals surface area contributed by atoms with E-state index < -0.39 is 17.8 Å². The summed E-state index contributed by atoms with van der Waals surface area (Å²) in [4.78, 5) is 45.0. The number of anilines is 2. The second-order valence-corrected chi connectivity index (χ2v) is 13.2. The quantitative estimate of drug-likeness (QED) is 0.0835. The van der Waals surface area contributed by atoms with Gasteiger partial charge in [0.05, 0.1) is 56.9 Å². The highest BCUT2D eigenvalue weighted by molar-refractivity contribution is 6.11. The van der Waals surface area contributed by atoms with E-state index in [0.29, 0.717) is 62.4 Å². The molecule has 5 aromatic rings. The molecule has 0 fully saturated rings. The number of amides is 2. The molecule has 0 unspecified atom stereocenters. The maximum atomic E-state index is 13.2. The molecule has 0 spiro atoms. The fourth-order valence-electron chi connectivity index (χ4n) is 6.39. The molecule has 13 heteroatoms. The average Bonchev–Trinajstić information content (AvgIpc) is 3.22. The molecule has 13 nitrogen and oxygen atoms in total. The van der Waals surface area contributed by atoms with Crippen molar-refractivity contribution in [2.24, 2.45) is 0 Å². The highest BCUT2D eigenvalue weighted by atomic mass is 16.6. The topological polar surface area (TPSA) is 158 Å². The van der Waals surface area contributed by atoms with Gasteiger partial charge < -0.3 is 39.4 Å². The number of pyridine rings is 1. The van der Waals surface area contributed by atoms with E-state index in [1.165, 1.54) is 29.3 Å². The minimum atomic E-state index is -1.23. The number of hydrogen-bond acceptors (Lipinski definition) is 10. The maximum absolute atomic E-state index is 13.2. The minimum Gasteiger partial charge on any atom is -0.493 e. The Morgan fingerprint density at radius 2 is 1.48 bits per heavy atom. The molecule has 3 N–H and O–H groups in total. The van der Waals surface area contributed by atoms with Crippen LogP contribution in [-0.4, -0.2) is 99.7 Å². The van der Waals surface area contributed by atoms with Crippen LogP contribution in [0.25, 0.3) is 10.9 Å². The first-order valence-electron chi connectivity index (χ1n) is 18.4. The maximum Gasteiger partial charge on any atom is 0.337 e. The Balaban J connectivity index is 0.988. The molecule has 0 aliphatic carbocycles. The van der Waals surface area contributed by atoms with Gasteiger partial charge in [0.2, 0.25) is 0 Å². The first-order valence-corrected chi connectivity index (χ1v) is 18.4. The predicted molar refractivity (Wildman–Crippen MR) is 212 cm³/mol. The van der Waals surface area contributed by atoms with Gasteiger partial charge in [0.25, 0.3) is 11.8 Å². The fraction of sp³-hybridized carbons (Fsp3) is 0.302. The molecule has 6 rings (SSSR count). The van der Waals surface area contributed by atoms with Gasteiger partial charge in [-0.3, -0.25) is 19.5 Å². The lowest BCUT2D eigenvalue weighted by molar-refractivity contribution is 0.0178. The number of carboxylic acid groups (broad SMARTS) is 1. The van der Waals surface area contributed by atoms with Crippen molar-refractivity contribution in [2.75, 3.05) is 77.6 Å². The summed E-state index contributed by atoms with van der Waals surface area (Å²) < 4.78 is 27.6. The molecular weight excluding hydrogens is 716 g/mol. The molecule has 0 saturated heterocycles. The number of ether oxygens (including phenoxy) is 5. The summed E-state index contributed by atoms with van der Waals surface area (Å²) in [6, 6.07) is 24.5. The first-order chi connectivity index (χ1) is 27.3. The van der Waals surface area contributed by atoms with Crippen molar-refractivity contribution in [2.45, 2.75) is 19.4 Å². The van der Waals surface area contributed by atoms with Crippen LogP contribution >= 0.6 is 0 Å². The lowest BCUT2D eigenvalue weighted by Crippen LogP contribution is -2.32. The molecule has 1 aliphatic rings. The summed E-state index contributed by atoms with van der Waals surface area (Å²) in [5.74, 6) is -0.762. The smallest absolute Gasteiger partial charge is 0.337 e. The van der Waals surface area contributed by atoms with E-state index in [1.54, 1.807) is 44.7 Å². The average molecular weight is 763 g/mol. The van der Waals surface area contributed by atoms with E-state index in [9.17, 15) is 19.5 Å². The van der Waals surface area contributed by atoms with Gasteiger partial charge in [0.1, 0.15) is 6.61 Å². The molecule has 0 atom stereocenters. The predicted octanol–water partition coefficient (Wildman–Crippen LogP) is 6.11. The number of benzene rings is 4. The van der Waals surface area contributed by atoms with Crippen LogP contribution in [0.5, 0.6) is 11.5 Å². The second kappa shape index (κ2) is 19.6. The standard InChI is InChI=1S/C43H46N4O9/c1-52-18-19-54-20-21-55-22-23-56-40-26-30-14-17-47(28-34(30)27-39(40)53-2)16-13-29-5-9-35(10-6-29)45-41(48)33-7-11-36(43(50)51)38(25-33)46-42(49)32-8-12-37-31(24-32)4-3-15-44-37/h3-12,15,24-27H,13-14,16-23,28H2,1-2H3,(H,45,48)(H,46,49)(H,50,51). The number of aromatic nitrogens is 1. The lowest BCUT2D eigenvalue weighted by Gasteiger charge is -2.29. The van der Waals surface area contributed by atoms with Gasteiger partial charge in [-0.25, -0.2) is 4.79 Å². The van der Waals surface area contributed by atoms with E-state index in [1.807, 2.05) is 30.3 Å². The van der Waals surface area contributed by atoms with Crippen molar-refractivity contribution in [3.8, 4) is 11.5 Å². The summed E-state index contributed by atoms with van der Waals surface area (Å²) in [6.07, 6.45) is 3.39. The number of nitrogens with one attached hydrogen (secondary N) is 2. The Bertz CT molecular complexity index is 2140. The van der Waals surface area contributed by atoms with Gasteiger partial charge in [0.15, 0.2) is 11.5 Å². The van der Waals surface area contributed by atoms with Crippen LogP contribution in [0.3, 0.4) is 0 Å². The molecule has 2 heterocycles. The largest absolute Gasteiger partial charge is 0.493 e. The fourth-order valence-corrected chi connectivity index (χ4v) is 6.39. The second-order valence-electron chi connectivity index (χ2n) is 13.2. The summed E-state index contributed by atoms with van der Waals surface area (Å²) in [6.45, 7) is 5.56. The van der Waals surface area contributed by atoms with Crippen LogP contribution in [0.4, 0.5) is 11.4 Å². The summed E-state index contributed by atoms with van der Waals surface area (Å²) >= 11 is 0. The van der Waals surface area contributed by atoms with Crippen LogP contribution in [0.15, 0.2) is 91.1 Å². The number of carbonyl (C=O) groups is 3. The summed E-state index contributed by atoms with van der Waals surface area (Å²) in [5.41, 5.74) is 5.32. The zero-order chi connectivity index (χ0) is 39.3. The normalized spacial score (nSPS) is 12.5. The Morgan fingerprint density at radius 3 is 2.25 bits per heavy atom. The third kappa shape index (κ3) is 10.7. The molecule has 2 amide bonds. The van der Waals surface area contributed by atoms with Crippen molar-refractivity contribution in [1.29, 1.82) is 0 Å². The Kier molecular flexibility index (Phi) is 14.0. The number of hydrogen-bond donors (Lipinski definition) is 3. The molecule has 0 radical (unpaired) electrons. The number of nitrogens with zero attached hydrogens (tertiary/aromatic N) is 2. The van der Waals surface area contributed by atoms with E-state index in [2.05, 4.69) is 32.7 Å². The van der Waals surface area contributed by atoms with E-state index in [0.717, 1.165) is 48.9 Å². The number of rotatable bonds is 19. The minimum absolute atomic E-state index is 0.0156. The van der Waals surface area contributed by atoms with Gasteiger partial charge in [-0.1, -0.05) is 18.2 Å². The highest BCUT2D eigenvalue weighted by Crippen LogP contribution is 2.34. The number of methoxy groups -OCH3 is 2. The summed E-state index contributed by atoms with van der Waals surface area (Å²) in [5, 5.41) is 16.1. The van der Waals surface area contributed by atoms with Crippen LogP contribution in [0.1, 0.15) is 47.8 Å². The molecular formula is C43H46N4O9. The van der Waals surface area contributed by atoms with Gasteiger partial charge in [-0.05, 0) is 96.3 Å². The Hall–Kier alpha value is -5.86. The van der Waals surface area contributed by atoms with Crippen molar-refractivity contribution in [3.63, 3.8) is 0 Å². The van der Waals surface area contributed by atoms with Crippen molar-refractivity contribution in [3.05, 3.63) is 125 Å².